The van der Waals surface area contributed by atoms with Gasteiger partial charge in [-0.15, -0.1) is 0 Å². The number of ether oxygens (including phenoxy) is 1. The van der Waals surface area contributed by atoms with E-state index in [9.17, 15) is 0 Å². The monoisotopic (exact) mass is 275 g/mol. The molecule has 5 heteroatoms. The minimum Gasteiger partial charge on any atom is -0.376 e. The van der Waals surface area contributed by atoms with Gasteiger partial charge in [0.05, 0.1) is 12.6 Å². The maximum Gasteiger partial charge on any atom is 0.195 e. The number of nitrogens with zero attached hydrogens (tertiary/aromatic N) is 2. The van der Waals surface area contributed by atoms with Crippen molar-refractivity contribution in [3.63, 3.8) is 0 Å². The smallest absolute Gasteiger partial charge is 0.195 e. The lowest BCUT2D eigenvalue weighted by Crippen LogP contribution is -2.17. The van der Waals surface area contributed by atoms with E-state index in [0.29, 0.717) is 4.77 Å². The van der Waals surface area contributed by atoms with Crippen molar-refractivity contribution in [2.75, 3.05) is 6.61 Å². The quantitative estimate of drug-likeness (QED) is 0.872. The van der Waals surface area contributed by atoms with Gasteiger partial charge < -0.3 is 9.30 Å². The van der Waals surface area contributed by atoms with Gasteiger partial charge in [0.15, 0.2) is 4.77 Å². The van der Waals surface area contributed by atoms with Crippen LogP contribution in [0, 0.1) is 4.77 Å². The molecule has 100 valence electrons. The number of rotatable bonds is 4. The first-order valence-electron chi connectivity index (χ1n) is 6.62. The molecule has 1 aromatic carbocycles. The standard InChI is InChI=1S/C14H17N3OS/c19-14-16-15-13(9-11-5-2-1-3-6-11)17(14)10-12-7-4-8-18-12/h1-3,5-6,12H,4,7-10H2,(H,16,19)/t12-/m0/s1. The Labute approximate surface area is 117 Å². The van der Waals surface area contributed by atoms with Gasteiger partial charge in [0, 0.05) is 13.0 Å². The second kappa shape index (κ2) is 5.67. The molecule has 1 fully saturated rings. The van der Waals surface area contributed by atoms with Crippen LogP contribution in [0.15, 0.2) is 30.3 Å². The van der Waals surface area contributed by atoms with E-state index >= 15 is 0 Å². The van der Waals surface area contributed by atoms with Gasteiger partial charge in [0.2, 0.25) is 0 Å². The fourth-order valence-electron chi connectivity index (χ4n) is 2.44. The summed E-state index contributed by atoms with van der Waals surface area (Å²) in [5.41, 5.74) is 1.24. The van der Waals surface area contributed by atoms with Crippen molar-refractivity contribution in [2.45, 2.75) is 31.9 Å². The molecule has 0 bridgehead atoms. The Morgan fingerprint density at radius 3 is 2.95 bits per heavy atom. The molecule has 1 atom stereocenters. The van der Waals surface area contributed by atoms with Crippen molar-refractivity contribution in [1.82, 2.24) is 14.8 Å². The zero-order valence-corrected chi connectivity index (χ0v) is 11.5. The molecule has 19 heavy (non-hydrogen) atoms. The van der Waals surface area contributed by atoms with Gasteiger partial charge in [0.25, 0.3) is 0 Å². The highest BCUT2D eigenvalue weighted by Gasteiger charge is 2.18. The van der Waals surface area contributed by atoms with Crippen molar-refractivity contribution >= 4 is 12.2 Å². The van der Waals surface area contributed by atoms with Crippen LogP contribution in [-0.2, 0) is 17.7 Å². The number of aromatic amines is 1. The predicted octanol–water partition coefficient (Wildman–Crippen LogP) is 2.71. The maximum atomic E-state index is 5.68. The van der Waals surface area contributed by atoms with Gasteiger partial charge in [-0.3, -0.25) is 5.10 Å². The molecule has 0 spiro atoms. The Kier molecular flexibility index (Phi) is 3.75. The maximum absolute atomic E-state index is 5.68. The Morgan fingerprint density at radius 2 is 2.21 bits per heavy atom. The van der Waals surface area contributed by atoms with Crippen molar-refractivity contribution in [2.24, 2.45) is 0 Å². The molecule has 0 radical (unpaired) electrons. The van der Waals surface area contributed by atoms with Crippen molar-refractivity contribution in [3.05, 3.63) is 46.5 Å². The van der Waals surface area contributed by atoms with Crippen molar-refractivity contribution < 1.29 is 4.74 Å². The average Bonchev–Trinajstić information content (AvgIpc) is 3.05. The predicted molar refractivity (Wildman–Crippen MR) is 75.6 cm³/mol. The normalized spacial score (nSPS) is 18.8. The number of nitrogens with one attached hydrogen (secondary N) is 1. The van der Waals surface area contributed by atoms with Crippen LogP contribution in [0.2, 0.25) is 0 Å². The molecule has 2 heterocycles. The van der Waals surface area contributed by atoms with Gasteiger partial charge in [0.1, 0.15) is 5.82 Å². The molecule has 1 aliphatic heterocycles. The third-order valence-electron chi connectivity index (χ3n) is 3.45. The van der Waals surface area contributed by atoms with E-state index in [1.165, 1.54) is 5.56 Å². The van der Waals surface area contributed by atoms with E-state index in [2.05, 4.69) is 26.9 Å². The summed E-state index contributed by atoms with van der Waals surface area (Å²) in [6.45, 7) is 1.67. The average molecular weight is 275 g/mol. The summed E-state index contributed by atoms with van der Waals surface area (Å²) in [6, 6.07) is 10.3. The zero-order chi connectivity index (χ0) is 13.1. The number of hydrogen-bond donors (Lipinski definition) is 1. The van der Waals surface area contributed by atoms with E-state index in [1.54, 1.807) is 0 Å². The van der Waals surface area contributed by atoms with Gasteiger partial charge in [-0.25, -0.2) is 0 Å². The van der Waals surface area contributed by atoms with E-state index in [4.69, 9.17) is 17.0 Å². The Hall–Kier alpha value is -1.46. The molecule has 1 N–H and O–H groups in total. The minimum atomic E-state index is 0.277. The number of hydrogen-bond acceptors (Lipinski definition) is 3. The summed E-state index contributed by atoms with van der Waals surface area (Å²) >= 11 is 5.31. The SMILES string of the molecule is S=c1[nH]nc(Cc2ccccc2)n1C[C@@H]1CCCO1. The first-order valence-corrected chi connectivity index (χ1v) is 7.03. The number of benzene rings is 1. The van der Waals surface area contributed by atoms with Gasteiger partial charge in [-0.2, -0.15) is 5.10 Å². The van der Waals surface area contributed by atoms with Crippen LogP contribution in [0.25, 0.3) is 0 Å². The third kappa shape index (κ3) is 2.93. The Bertz CT molecular complexity index is 584. The highest BCUT2D eigenvalue weighted by atomic mass is 32.1. The lowest BCUT2D eigenvalue weighted by molar-refractivity contribution is 0.0960. The molecular weight excluding hydrogens is 258 g/mol. The summed E-state index contributed by atoms with van der Waals surface area (Å²) in [5, 5.41) is 7.23. The van der Waals surface area contributed by atoms with E-state index < -0.39 is 0 Å². The largest absolute Gasteiger partial charge is 0.376 e. The molecule has 0 saturated carbocycles. The van der Waals surface area contributed by atoms with E-state index in [0.717, 1.165) is 38.2 Å². The van der Waals surface area contributed by atoms with Crippen molar-refractivity contribution in [3.8, 4) is 0 Å². The second-order valence-corrected chi connectivity index (χ2v) is 5.24. The van der Waals surface area contributed by atoms with Crippen LogP contribution in [-0.4, -0.2) is 27.5 Å². The molecule has 0 unspecified atom stereocenters. The Morgan fingerprint density at radius 1 is 1.37 bits per heavy atom. The highest BCUT2D eigenvalue weighted by Crippen LogP contribution is 2.16. The van der Waals surface area contributed by atoms with E-state index in [-0.39, 0.29) is 6.10 Å². The zero-order valence-electron chi connectivity index (χ0n) is 10.7. The van der Waals surface area contributed by atoms with Crippen LogP contribution in [0.5, 0.6) is 0 Å². The first kappa shape index (κ1) is 12.6. The topological polar surface area (TPSA) is 42.8 Å². The Balaban J connectivity index is 1.80. The summed E-state index contributed by atoms with van der Waals surface area (Å²) < 4.78 is 8.43. The highest BCUT2D eigenvalue weighted by molar-refractivity contribution is 7.71. The van der Waals surface area contributed by atoms with Crippen LogP contribution < -0.4 is 0 Å². The molecule has 1 aromatic heterocycles. The first-order chi connectivity index (χ1) is 9.33. The van der Waals surface area contributed by atoms with E-state index in [1.807, 2.05) is 18.2 Å². The number of H-pyrrole nitrogens is 1. The minimum absolute atomic E-state index is 0.277. The summed E-state index contributed by atoms with van der Waals surface area (Å²) in [6.07, 6.45) is 3.32. The van der Waals surface area contributed by atoms with Gasteiger partial charge >= 0.3 is 0 Å². The molecule has 1 aliphatic rings. The molecule has 0 amide bonds. The molecule has 2 aromatic rings. The second-order valence-electron chi connectivity index (χ2n) is 4.85. The van der Waals surface area contributed by atoms with Crippen LogP contribution >= 0.6 is 12.2 Å². The van der Waals surface area contributed by atoms with Crippen LogP contribution in [0.1, 0.15) is 24.2 Å². The summed E-state index contributed by atoms with van der Waals surface area (Å²) in [5.74, 6) is 0.978. The molecule has 4 nitrogen and oxygen atoms in total. The van der Waals surface area contributed by atoms with Gasteiger partial charge in [-0.05, 0) is 30.6 Å². The fourth-order valence-corrected chi connectivity index (χ4v) is 2.67. The summed E-state index contributed by atoms with van der Waals surface area (Å²) in [7, 11) is 0. The molecule has 1 saturated heterocycles. The van der Waals surface area contributed by atoms with Gasteiger partial charge in [-0.1, -0.05) is 30.3 Å². The van der Waals surface area contributed by atoms with Crippen LogP contribution in [0.3, 0.4) is 0 Å². The summed E-state index contributed by atoms with van der Waals surface area (Å²) in [4.78, 5) is 0. The number of aromatic nitrogens is 3. The molecule has 3 rings (SSSR count). The van der Waals surface area contributed by atoms with Crippen molar-refractivity contribution in [1.29, 1.82) is 0 Å². The fraction of sp³-hybridized carbons (Fsp3) is 0.429. The molecule has 0 aliphatic carbocycles. The lowest BCUT2D eigenvalue weighted by Gasteiger charge is -2.12. The lowest BCUT2D eigenvalue weighted by atomic mass is 10.1. The third-order valence-corrected chi connectivity index (χ3v) is 3.76. The van der Waals surface area contributed by atoms with Crippen LogP contribution in [0.4, 0.5) is 0 Å². The molecular formula is C14H17N3OS.